The van der Waals surface area contributed by atoms with E-state index < -0.39 is 49.5 Å². The van der Waals surface area contributed by atoms with Crippen LogP contribution in [0.25, 0.3) is 0 Å². The van der Waals surface area contributed by atoms with Gasteiger partial charge in [0.1, 0.15) is 24.4 Å². The molecule has 9 nitrogen and oxygen atoms in total. The number of hydrogen-bond donors (Lipinski definition) is 6. The fraction of sp³-hybridized carbons (Fsp3) is 0.820. The van der Waals surface area contributed by atoms with E-state index in [1.807, 2.05) is 0 Å². The lowest BCUT2D eigenvalue weighted by atomic mass is 9.99. The number of unbranched alkanes of at least 4 members (excludes halogenated alkanes) is 30. The number of rotatable bonds is 50. The zero-order valence-corrected chi connectivity index (χ0v) is 45.3. The minimum absolute atomic E-state index is 0.136. The summed E-state index contributed by atoms with van der Waals surface area (Å²) in [6, 6.07) is -0.715. The van der Waals surface area contributed by atoms with Crippen LogP contribution in [0.15, 0.2) is 60.8 Å². The molecule has 70 heavy (non-hydrogen) atoms. The molecule has 0 bridgehead atoms. The zero-order valence-electron chi connectivity index (χ0n) is 45.3. The number of hydrogen-bond acceptors (Lipinski definition) is 8. The lowest BCUT2D eigenvalue weighted by Crippen LogP contribution is -2.60. The van der Waals surface area contributed by atoms with Gasteiger partial charge in [0.15, 0.2) is 6.29 Å². The van der Waals surface area contributed by atoms with E-state index in [4.69, 9.17) is 9.47 Å². The Kier molecular flexibility index (Phi) is 47.5. The maximum Gasteiger partial charge on any atom is 0.220 e. The second-order valence-corrected chi connectivity index (χ2v) is 20.4. The fourth-order valence-corrected chi connectivity index (χ4v) is 9.25. The van der Waals surface area contributed by atoms with E-state index in [1.54, 1.807) is 0 Å². The van der Waals surface area contributed by atoms with Crippen LogP contribution in [0, 0.1) is 0 Å². The Balaban J connectivity index is 1.98. The van der Waals surface area contributed by atoms with E-state index in [0.29, 0.717) is 12.8 Å². The number of amides is 1. The average Bonchev–Trinajstić information content (AvgIpc) is 3.36. The molecule has 1 amide bonds. The number of allylic oxidation sites excluding steroid dienone is 10. The van der Waals surface area contributed by atoms with Gasteiger partial charge in [-0.1, -0.05) is 261 Å². The summed E-state index contributed by atoms with van der Waals surface area (Å²) in [4.78, 5) is 13.0. The van der Waals surface area contributed by atoms with E-state index in [-0.39, 0.29) is 12.5 Å². The lowest BCUT2D eigenvalue weighted by molar-refractivity contribution is -0.302. The maximum atomic E-state index is 13.0. The molecule has 0 aromatic heterocycles. The standard InChI is InChI=1S/C61H111NO8/c1-3-5-7-9-11-13-14-15-16-17-18-19-20-21-22-23-24-25-26-27-28-29-30-31-32-33-34-35-36-37-38-39-40-41-42-43-45-47-49-51-57(65)62-54(55(64)50-48-46-44-12-10-8-6-4-2)53-69-61-60(68)59(67)58(66)56(52-63)70-61/h5,7,11,13,15-16,18-19,21-22,54-56,58-61,63-64,66-68H,3-4,6,8-10,12,14,17,20,23-53H2,1-2H3,(H,62,65)/b7-5-,13-11-,16-15-,19-18-,22-21-. The minimum Gasteiger partial charge on any atom is -0.394 e. The molecule has 0 radical (unpaired) electrons. The Morgan fingerprint density at radius 1 is 0.500 bits per heavy atom. The van der Waals surface area contributed by atoms with Crippen molar-refractivity contribution in [3.8, 4) is 0 Å². The Labute approximate surface area is 430 Å². The number of nitrogens with one attached hydrogen (secondary N) is 1. The molecule has 408 valence electrons. The Morgan fingerprint density at radius 3 is 1.31 bits per heavy atom. The summed E-state index contributed by atoms with van der Waals surface area (Å²) in [5, 5.41) is 54.3. The van der Waals surface area contributed by atoms with Gasteiger partial charge in [0, 0.05) is 6.42 Å². The second-order valence-electron chi connectivity index (χ2n) is 20.4. The van der Waals surface area contributed by atoms with Gasteiger partial charge in [-0.15, -0.1) is 0 Å². The molecular formula is C61H111NO8. The average molecular weight is 987 g/mol. The zero-order chi connectivity index (χ0) is 50.8. The predicted molar refractivity (Wildman–Crippen MR) is 295 cm³/mol. The summed E-state index contributed by atoms with van der Waals surface area (Å²) in [6.45, 7) is 3.69. The summed E-state index contributed by atoms with van der Waals surface area (Å²) < 4.78 is 11.2. The first-order valence-corrected chi connectivity index (χ1v) is 29.5. The minimum atomic E-state index is -1.55. The lowest BCUT2D eigenvalue weighted by Gasteiger charge is -2.40. The molecular weight excluding hydrogens is 875 g/mol. The first kappa shape index (κ1) is 65.9. The van der Waals surface area contributed by atoms with Crippen molar-refractivity contribution in [3.05, 3.63) is 60.8 Å². The number of aliphatic hydroxyl groups is 5. The van der Waals surface area contributed by atoms with Gasteiger partial charge in [-0.05, 0) is 57.8 Å². The molecule has 9 heteroatoms. The van der Waals surface area contributed by atoms with Crippen molar-refractivity contribution in [2.75, 3.05) is 13.2 Å². The maximum absolute atomic E-state index is 13.0. The van der Waals surface area contributed by atoms with Crippen molar-refractivity contribution < 1.29 is 39.8 Å². The molecule has 1 aliphatic rings. The predicted octanol–water partition coefficient (Wildman–Crippen LogP) is 14.7. The SMILES string of the molecule is CC/C=C\C/C=C\C/C=C\C/C=C\C/C=C\CCCCCCCCCCCCCCCCCCCCCCCCCC(=O)NC(COC1OC(CO)C(O)C(O)C1O)C(O)CCCCCCCCCC. The number of aliphatic hydroxyl groups excluding tert-OH is 5. The van der Waals surface area contributed by atoms with Crippen molar-refractivity contribution in [1.29, 1.82) is 0 Å². The molecule has 1 fully saturated rings. The van der Waals surface area contributed by atoms with Crippen LogP contribution in [0.4, 0.5) is 0 Å². The highest BCUT2D eigenvalue weighted by atomic mass is 16.7. The fourth-order valence-electron chi connectivity index (χ4n) is 9.25. The summed E-state index contributed by atoms with van der Waals surface area (Å²) in [5.74, 6) is -0.145. The molecule has 0 saturated carbocycles. The molecule has 6 N–H and O–H groups in total. The number of carbonyl (C=O) groups excluding carboxylic acids is 1. The van der Waals surface area contributed by atoms with Crippen molar-refractivity contribution in [1.82, 2.24) is 5.32 Å². The molecule has 1 heterocycles. The molecule has 0 spiro atoms. The van der Waals surface area contributed by atoms with Crippen LogP contribution < -0.4 is 5.32 Å². The van der Waals surface area contributed by atoms with Gasteiger partial charge >= 0.3 is 0 Å². The Bertz CT molecular complexity index is 1280. The van der Waals surface area contributed by atoms with Crippen molar-refractivity contribution in [2.24, 2.45) is 0 Å². The molecule has 0 aromatic rings. The third-order valence-corrected chi connectivity index (χ3v) is 13.9. The van der Waals surface area contributed by atoms with Gasteiger partial charge in [0.05, 0.1) is 25.4 Å². The molecule has 7 unspecified atom stereocenters. The Hall–Kier alpha value is -2.11. The third-order valence-electron chi connectivity index (χ3n) is 13.9. The number of carbonyl (C=O) groups is 1. The van der Waals surface area contributed by atoms with Gasteiger partial charge in [-0.25, -0.2) is 0 Å². The summed E-state index contributed by atoms with van der Waals surface area (Å²) >= 11 is 0. The van der Waals surface area contributed by atoms with Crippen LogP contribution in [0.5, 0.6) is 0 Å². The molecule has 1 rings (SSSR count). The molecule has 0 aliphatic carbocycles. The highest BCUT2D eigenvalue weighted by molar-refractivity contribution is 5.76. The van der Waals surface area contributed by atoms with Gasteiger partial charge < -0.3 is 40.3 Å². The van der Waals surface area contributed by atoms with Crippen LogP contribution in [-0.4, -0.2) is 87.5 Å². The van der Waals surface area contributed by atoms with Crippen LogP contribution in [0.3, 0.4) is 0 Å². The second kappa shape index (κ2) is 50.4. The van der Waals surface area contributed by atoms with E-state index in [2.05, 4.69) is 79.9 Å². The molecule has 7 atom stereocenters. The van der Waals surface area contributed by atoms with E-state index in [0.717, 1.165) is 70.6 Å². The van der Waals surface area contributed by atoms with Crippen molar-refractivity contribution in [2.45, 2.75) is 307 Å². The topological polar surface area (TPSA) is 149 Å². The summed E-state index contributed by atoms with van der Waals surface area (Å²) in [5.41, 5.74) is 0. The van der Waals surface area contributed by atoms with Gasteiger partial charge in [0.2, 0.25) is 5.91 Å². The molecule has 1 aliphatic heterocycles. The molecule has 0 aromatic carbocycles. The number of ether oxygens (including phenoxy) is 2. The summed E-state index contributed by atoms with van der Waals surface area (Å²) in [7, 11) is 0. The normalized spacial score (nSPS) is 19.8. The van der Waals surface area contributed by atoms with Gasteiger partial charge in [0.25, 0.3) is 0 Å². The van der Waals surface area contributed by atoms with Crippen LogP contribution in [0.1, 0.15) is 264 Å². The van der Waals surface area contributed by atoms with Crippen molar-refractivity contribution in [3.63, 3.8) is 0 Å². The first-order valence-electron chi connectivity index (χ1n) is 29.5. The third kappa shape index (κ3) is 39.4. The van der Waals surface area contributed by atoms with Gasteiger partial charge in [-0.3, -0.25) is 4.79 Å². The summed E-state index contributed by atoms with van der Waals surface area (Å²) in [6.07, 6.45) is 61.6. The highest BCUT2D eigenvalue weighted by Gasteiger charge is 2.44. The van der Waals surface area contributed by atoms with Crippen LogP contribution in [-0.2, 0) is 14.3 Å². The Morgan fingerprint density at radius 2 is 0.886 bits per heavy atom. The van der Waals surface area contributed by atoms with E-state index >= 15 is 0 Å². The van der Waals surface area contributed by atoms with E-state index in [1.165, 1.54) is 167 Å². The van der Waals surface area contributed by atoms with Crippen LogP contribution >= 0.6 is 0 Å². The highest BCUT2D eigenvalue weighted by Crippen LogP contribution is 2.23. The van der Waals surface area contributed by atoms with E-state index in [9.17, 15) is 30.3 Å². The molecule has 1 saturated heterocycles. The quantitative estimate of drug-likeness (QED) is 0.0261. The van der Waals surface area contributed by atoms with Crippen LogP contribution in [0.2, 0.25) is 0 Å². The first-order chi connectivity index (χ1) is 34.3. The monoisotopic (exact) mass is 986 g/mol. The smallest absolute Gasteiger partial charge is 0.220 e. The van der Waals surface area contributed by atoms with Crippen molar-refractivity contribution >= 4 is 5.91 Å². The largest absolute Gasteiger partial charge is 0.394 e. The van der Waals surface area contributed by atoms with Gasteiger partial charge in [-0.2, -0.15) is 0 Å².